The molecule has 0 unspecified atom stereocenters. The highest BCUT2D eigenvalue weighted by Crippen LogP contribution is 2.42. The molecular weight excluding hydrogens is 260 g/mol. The Labute approximate surface area is 125 Å². The van der Waals surface area contributed by atoms with Gasteiger partial charge < -0.3 is 0 Å². The maximum Gasteiger partial charge on any atom is 0.0390 e. The fourth-order valence-electron chi connectivity index (χ4n) is 3.25. The second-order valence-corrected chi connectivity index (χ2v) is 6.88. The molecule has 3 rings (SSSR count). The van der Waals surface area contributed by atoms with Crippen LogP contribution in [0.25, 0.3) is 20.2 Å². The molecule has 0 bridgehead atoms. The molecule has 1 heterocycles. The standard InChI is InChI=1S/C19H22S/c1-6-8-15-13(4)12(3)14(5)19-17(15)16-10-7-9-11(2)18(16)20-19/h7,9-10H,6,8H2,1-5H3. The Balaban J connectivity index is 2.58. The van der Waals surface area contributed by atoms with Gasteiger partial charge in [0.05, 0.1) is 0 Å². The molecule has 0 saturated carbocycles. The Bertz CT molecular complexity index is 806. The van der Waals surface area contributed by atoms with Crippen LogP contribution in [0, 0.1) is 27.7 Å². The summed E-state index contributed by atoms with van der Waals surface area (Å²) in [6, 6.07) is 6.73. The molecule has 0 radical (unpaired) electrons. The first-order valence-electron chi connectivity index (χ1n) is 7.46. The van der Waals surface area contributed by atoms with Crippen LogP contribution >= 0.6 is 11.3 Å². The first kappa shape index (κ1) is 13.6. The number of benzene rings is 2. The second-order valence-electron chi connectivity index (χ2n) is 5.86. The van der Waals surface area contributed by atoms with Crippen molar-refractivity contribution in [2.75, 3.05) is 0 Å². The van der Waals surface area contributed by atoms with E-state index in [1.165, 1.54) is 55.3 Å². The van der Waals surface area contributed by atoms with E-state index in [0.29, 0.717) is 0 Å². The van der Waals surface area contributed by atoms with Crippen molar-refractivity contribution in [2.24, 2.45) is 0 Å². The van der Waals surface area contributed by atoms with Crippen molar-refractivity contribution < 1.29 is 0 Å². The van der Waals surface area contributed by atoms with Gasteiger partial charge in [-0.2, -0.15) is 0 Å². The molecule has 0 nitrogen and oxygen atoms in total. The van der Waals surface area contributed by atoms with Crippen molar-refractivity contribution in [3.05, 3.63) is 46.0 Å². The average Bonchev–Trinajstić information content (AvgIpc) is 2.82. The lowest BCUT2D eigenvalue weighted by Gasteiger charge is -2.14. The third-order valence-electron chi connectivity index (χ3n) is 4.63. The molecule has 20 heavy (non-hydrogen) atoms. The highest BCUT2D eigenvalue weighted by atomic mass is 32.1. The summed E-state index contributed by atoms with van der Waals surface area (Å²) in [5, 5.41) is 2.98. The molecule has 0 saturated heterocycles. The molecule has 0 spiro atoms. The van der Waals surface area contributed by atoms with Crippen LogP contribution < -0.4 is 0 Å². The van der Waals surface area contributed by atoms with Crippen molar-refractivity contribution in [1.82, 2.24) is 0 Å². The Hall–Kier alpha value is -1.34. The molecule has 0 atom stereocenters. The SMILES string of the molecule is CCCc1c(C)c(C)c(C)c2sc3c(C)cccc3c12. The summed E-state index contributed by atoms with van der Waals surface area (Å²) < 4.78 is 2.97. The third-order valence-corrected chi connectivity index (χ3v) is 6.09. The molecule has 0 aliphatic rings. The zero-order valence-electron chi connectivity index (χ0n) is 13.1. The van der Waals surface area contributed by atoms with E-state index in [2.05, 4.69) is 52.8 Å². The van der Waals surface area contributed by atoms with Gasteiger partial charge in [0.25, 0.3) is 0 Å². The summed E-state index contributed by atoms with van der Waals surface area (Å²) in [6.45, 7) is 11.4. The maximum atomic E-state index is 2.30. The van der Waals surface area contributed by atoms with E-state index in [-0.39, 0.29) is 0 Å². The summed E-state index contributed by atoms with van der Waals surface area (Å²) in [5.74, 6) is 0. The van der Waals surface area contributed by atoms with Crippen LogP contribution in [0.3, 0.4) is 0 Å². The Morgan fingerprint density at radius 1 is 0.900 bits per heavy atom. The number of hydrogen-bond donors (Lipinski definition) is 0. The molecule has 0 N–H and O–H groups in total. The monoisotopic (exact) mass is 282 g/mol. The molecule has 3 aromatic rings. The van der Waals surface area contributed by atoms with Gasteiger partial charge in [0.15, 0.2) is 0 Å². The van der Waals surface area contributed by atoms with Gasteiger partial charge in [0.1, 0.15) is 0 Å². The van der Waals surface area contributed by atoms with Crippen LogP contribution in [0.5, 0.6) is 0 Å². The number of fused-ring (bicyclic) bond motifs is 3. The van der Waals surface area contributed by atoms with Crippen LogP contribution in [-0.4, -0.2) is 0 Å². The average molecular weight is 282 g/mol. The van der Waals surface area contributed by atoms with E-state index in [1.807, 2.05) is 11.3 Å². The Morgan fingerprint density at radius 3 is 2.35 bits per heavy atom. The lowest BCUT2D eigenvalue weighted by atomic mass is 9.91. The van der Waals surface area contributed by atoms with Crippen LogP contribution in [0.2, 0.25) is 0 Å². The van der Waals surface area contributed by atoms with E-state index in [4.69, 9.17) is 0 Å². The van der Waals surface area contributed by atoms with Crippen LogP contribution in [-0.2, 0) is 6.42 Å². The van der Waals surface area contributed by atoms with Crippen molar-refractivity contribution in [3.8, 4) is 0 Å². The fourth-order valence-corrected chi connectivity index (χ4v) is 4.61. The second kappa shape index (κ2) is 4.89. The van der Waals surface area contributed by atoms with Gasteiger partial charge in [-0.3, -0.25) is 0 Å². The maximum absolute atomic E-state index is 2.30. The predicted molar refractivity (Wildman–Crippen MR) is 92.3 cm³/mol. The van der Waals surface area contributed by atoms with E-state index < -0.39 is 0 Å². The minimum Gasteiger partial charge on any atom is -0.135 e. The summed E-state index contributed by atoms with van der Waals surface area (Å²) >= 11 is 1.98. The van der Waals surface area contributed by atoms with Gasteiger partial charge >= 0.3 is 0 Å². The zero-order chi connectivity index (χ0) is 14.4. The van der Waals surface area contributed by atoms with Gasteiger partial charge in [-0.05, 0) is 61.9 Å². The summed E-state index contributed by atoms with van der Waals surface area (Å²) in [6.07, 6.45) is 2.39. The van der Waals surface area contributed by atoms with Crippen molar-refractivity contribution in [2.45, 2.75) is 47.5 Å². The molecule has 2 aromatic carbocycles. The van der Waals surface area contributed by atoms with Crippen molar-refractivity contribution in [3.63, 3.8) is 0 Å². The van der Waals surface area contributed by atoms with E-state index in [0.717, 1.165) is 0 Å². The number of aryl methyl sites for hydroxylation is 3. The first-order valence-corrected chi connectivity index (χ1v) is 8.28. The van der Waals surface area contributed by atoms with Crippen molar-refractivity contribution in [1.29, 1.82) is 0 Å². The van der Waals surface area contributed by atoms with Gasteiger partial charge in [0.2, 0.25) is 0 Å². The quantitative estimate of drug-likeness (QED) is 0.522. The molecule has 104 valence electrons. The van der Waals surface area contributed by atoms with Crippen LogP contribution in [0.1, 0.15) is 41.2 Å². The van der Waals surface area contributed by atoms with E-state index in [9.17, 15) is 0 Å². The number of hydrogen-bond acceptors (Lipinski definition) is 1. The topological polar surface area (TPSA) is 0 Å². The molecule has 0 fully saturated rings. The molecular formula is C19H22S. The summed E-state index contributed by atoms with van der Waals surface area (Å²) in [5.41, 5.74) is 7.42. The molecule has 0 aliphatic heterocycles. The summed E-state index contributed by atoms with van der Waals surface area (Å²) in [7, 11) is 0. The lowest BCUT2D eigenvalue weighted by molar-refractivity contribution is 0.918. The largest absolute Gasteiger partial charge is 0.135 e. The molecule has 1 aromatic heterocycles. The third kappa shape index (κ3) is 1.80. The van der Waals surface area contributed by atoms with Crippen molar-refractivity contribution >= 4 is 31.5 Å². The highest BCUT2D eigenvalue weighted by molar-refractivity contribution is 7.26. The summed E-state index contributed by atoms with van der Waals surface area (Å²) in [4.78, 5) is 0. The molecule has 1 heteroatoms. The minimum atomic E-state index is 1.18. The molecule has 0 amide bonds. The fraction of sp³-hybridized carbons (Fsp3) is 0.368. The number of thiophene rings is 1. The van der Waals surface area contributed by atoms with E-state index >= 15 is 0 Å². The Morgan fingerprint density at radius 2 is 1.65 bits per heavy atom. The smallest absolute Gasteiger partial charge is 0.0390 e. The van der Waals surface area contributed by atoms with Gasteiger partial charge in [0, 0.05) is 20.2 Å². The molecule has 0 aliphatic carbocycles. The highest BCUT2D eigenvalue weighted by Gasteiger charge is 2.16. The van der Waals surface area contributed by atoms with Gasteiger partial charge in [-0.15, -0.1) is 11.3 Å². The van der Waals surface area contributed by atoms with E-state index in [1.54, 1.807) is 5.56 Å². The minimum absolute atomic E-state index is 1.18. The predicted octanol–water partition coefficient (Wildman–Crippen LogP) is 6.24. The van der Waals surface area contributed by atoms with Crippen LogP contribution in [0.4, 0.5) is 0 Å². The van der Waals surface area contributed by atoms with Gasteiger partial charge in [-0.25, -0.2) is 0 Å². The first-order chi connectivity index (χ1) is 9.56. The normalized spacial score (nSPS) is 11.7. The Kier molecular flexibility index (Phi) is 3.33. The van der Waals surface area contributed by atoms with Crippen LogP contribution in [0.15, 0.2) is 18.2 Å². The van der Waals surface area contributed by atoms with Gasteiger partial charge in [-0.1, -0.05) is 31.5 Å². The zero-order valence-corrected chi connectivity index (χ0v) is 13.9. The lowest BCUT2D eigenvalue weighted by Crippen LogP contribution is -1.96. The number of rotatable bonds is 2.